The molecule has 0 saturated heterocycles. The summed E-state index contributed by atoms with van der Waals surface area (Å²) in [6.07, 6.45) is 6.47. The van der Waals surface area contributed by atoms with Crippen LogP contribution in [0.4, 0.5) is 0 Å². The van der Waals surface area contributed by atoms with Crippen LogP contribution in [0.3, 0.4) is 0 Å². The normalized spacial score (nSPS) is 11.9. The molecule has 20 heavy (non-hydrogen) atoms. The third kappa shape index (κ3) is 6.90. The summed E-state index contributed by atoms with van der Waals surface area (Å²) in [5.74, 6) is 0. The molecule has 0 heterocycles. The summed E-state index contributed by atoms with van der Waals surface area (Å²) in [7, 11) is 0. The molecule has 0 aliphatic carbocycles. The zero-order chi connectivity index (χ0) is 15.2. The molecule has 1 aromatic carbocycles. The van der Waals surface area contributed by atoms with Crippen LogP contribution in [-0.2, 0) is 6.42 Å². The highest BCUT2D eigenvalue weighted by Crippen LogP contribution is 2.22. The maximum Gasteiger partial charge on any atom is 0.0207 e. The Kier molecular flexibility index (Phi) is 7.25. The first-order valence-electron chi connectivity index (χ1n) is 7.80. The molecule has 0 aromatic heterocycles. The van der Waals surface area contributed by atoms with E-state index in [1.54, 1.807) is 0 Å². The number of rotatable bonds is 7. The SMILES string of the molecule is Cc1cc(CCCCCCNC(C)(C)C)c(C)cc1Br. The molecule has 0 amide bonds. The predicted molar refractivity (Wildman–Crippen MR) is 93.5 cm³/mol. The number of unbranched alkanes of at least 4 members (excludes halogenated alkanes) is 3. The Balaban J connectivity index is 2.20. The first-order valence-corrected chi connectivity index (χ1v) is 8.59. The fraction of sp³-hybridized carbons (Fsp3) is 0.667. The van der Waals surface area contributed by atoms with Crippen LogP contribution >= 0.6 is 15.9 Å². The minimum absolute atomic E-state index is 0.256. The van der Waals surface area contributed by atoms with Crippen molar-refractivity contribution in [3.05, 3.63) is 33.3 Å². The average Bonchev–Trinajstić information content (AvgIpc) is 2.32. The fourth-order valence-corrected chi connectivity index (χ4v) is 2.83. The topological polar surface area (TPSA) is 12.0 Å². The van der Waals surface area contributed by atoms with E-state index in [0.717, 1.165) is 6.54 Å². The van der Waals surface area contributed by atoms with Crippen molar-refractivity contribution >= 4 is 15.9 Å². The van der Waals surface area contributed by atoms with E-state index in [4.69, 9.17) is 0 Å². The highest BCUT2D eigenvalue weighted by molar-refractivity contribution is 9.10. The maximum atomic E-state index is 3.60. The minimum atomic E-state index is 0.256. The lowest BCUT2D eigenvalue weighted by molar-refractivity contribution is 0.416. The van der Waals surface area contributed by atoms with Crippen LogP contribution in [0, 0.1) is 13.8 Å². The van der Waals surface area contributed by atoms with E-state index in [-0.39, 0.29) is 5.54 Å². The third-order valence-corrected chi connectivity index (χ3v) is 4.50. The number of halogens is 1. The fourth-order valence-electron chi connectivity index (χ4n) is 2.37. The molecule has 0 spiro atoms. The van der Waals surface area contributed by atoms with E-state index in [2.05, 4.69) is 68.0 Å². The summed E-state index contributed by atoms with van der Waals surface area (Å²) >= 11 is 3.60. The molecule has 0 unspecified atom stereocenters. The second-order valence-electron chi connectivity index (χ2n) is 6.87. The van der Waals surface area contributed by atoms with Crippen molar-refractivity contribution in [2.24, 2.45) is 0 Å². The van der Waals surface area contributed by atoms with Crippen molar-refractivity contribution in [2.75, 3.05) is 6.54 Å². The lowest BCUT2D eigenvalue weighted by Crippen LogP contribution is -2.36. The van der Waals surface area contributed by atoms with Gasteiger partial charge in [0.05, 0.1) is 0 Å². The third-order valence-electron chi connectivity index (χ3n) is 3.65. The van der Waals surface area contributed by atoms with Crippen molar-refractivity contribution in [1.82, 2.24) is 5.32 Å². The van der Waals surface area contributed by atoms with Gasteiger partial charge in [-0.3, -0.25) is 0 Å². The molecule has 1 N–H and O–H groups in total. The monoisotopic (exact) mass is 339 g/mol. The summed E-state index contributed by atoms with van der Waals surface area (Å²) < 4.78 is 1.23. The first-order chi connectivity index (χ1) is 9.29. The Hall–Kier alpha value is -0.340. The summed E-state index contributed by atoms with van der Waals surface area (Å²) in [5.41, 5.74) is 4.53. The van der Waals surface area contributed by atoms with Gasteiger partial charge in [-0.1, -0.05) is 34.8 Å². The lowest BCUT2D eigenvalue weighted by atomic mass is 9.99. The molecule has 1 rings (SSSR count). The minimum Gasteiger partial charge on any atom is -0.312 e. The quantitative estimate of drug-likeness (QED) is 0.641. The van der Waals surface area contributed by atoms with Crippen LogP contribution in [0.5, 0.6) is 0 Å². The van der Waals surface area contributed by atoms with Crippen molar-refractivity contribution in [2.45, 2.75) is 72.3 Å². The van der Waals surface area contributed by atoms with Gasteiger partial charge in [-0.05, 0) is 83.2 Å². The van der Waals surface area contributed by atoms with Crippen molar-refractivity contribution in [1.29, 1.82) is 0 Å². The Labute approximate surface area is 133 Å². The zero-order valence-electron chi connectivity index (χ0n) is 13.8. The van der Waals surface area contributed by atoms with Crippen LogP contribution in [0.2, 0.25) is 0 Å². The average molecular weight is 340 g/mol. The van der Waals surface area contributed by atoms with E-state index in [0.29, 0.717) is 0 Å². The molecule has 1 aromatic rings. The molecule has 0 aliphatic heterocycles. The van der Waals surface area contributed by atoms with E-state index in [1.807, 2.05) is 0 Å². The van der Waals surface area contributed by atoms with Crippen LogP contribution < -0.4 is 5.32 Å². The van der Waals surface area contributed by atoms with Gasteiger partial charge in [0.25, 0.3) is 0 Å². The Morgan fingerprint density at radius 1 is 0.950 bits per heavy atom. The van der Waals surface area contributed by atoms with Crippen molar-refractivity contribution in [3.8, 4) is 0 Å². The van der Waals surface area contributed by atoms with Crippen LogP contribution in [0.15, 0.2) is 16.6 Å². The van der Waals surface area contributed by atoms with E-state index < -0.39 is 0 Å². The summed E-state index contributed by atoms with van der Waals surface area (Å²) in [6, 6.07) is 4.58. The van der Waals surface area contributed by atoms with Gasteiger partial charge in [0.2, 0.25) is 0 Å². The van der Waals surface area contributed by atoms with Gasteiger partial charge in [-0.2, -0.15) is 0 Å². The number of nitrogens with one attached hydrogen (secondary N) is 1. The molecular formula is C18H30BrN. The highest BCUT2D eigenvalue weighted by atomic mass is 79.9. The molecule has 114 valence electrons. The molecule has 1 nitrogen and oxygen atoms in total. The lowest BCUT2D eigenvalue weighted by Gasteiger charge is -2.20. The van der Waals surface area contributed by atoms with Gasteiger partial charge < -0.3 is 5.32 Å². The van der Waals surface area contributed by atoms with Crippen LogP contribution in [0.1, 0.15) is 63.1 Å². The summed E-state index contributed by atoms with van der Waals surface area (Å²) in [6.45, 7) is 12.2. The number of hydrogen-bond acceptors (Lipinski definition) is 1. The smallest absolute Gasteiger partial charge is 0.0207 e. The highest BCUT2D eigenvalue weighted by Gasteiger charge is 2.07. The standard InChI is InChI=1S/C18H30BrN/c1-14-13-17(19)15(2)12-16(14)10-8-6-7-9-11-20-18(3,4)5/h12-13,20H,6-11H2,1-5H3. The molecule has 0 aliphatic rings. The first kappa shape index (κ1) is 17.7. The molecule has 0 bridgehead atoms. The molecule has 0 radical (unpaired) electrons. The number of benzene rings is 1. The summed E-state index contributed by atoms with van der Waals surface area (Å²) in [5, 5.41) is 3.55. The van der Waals surface area contributed by atoms with Gasteiger partial charge in [0.15, 0.2) is 0 Å². The van der Waals surface area contributed by atoms with Gasteiger partial charge in [0, 0.05) is 10.0 Å². The Morgan fingerprint density at radius 2 is 1.60 bits per heavy atom. The van der Waals surface area contributed by atoms with Gasteiger partial charge >= 0.3 is 0 Å². The predicted octanol–water partition coefficient (Wildman–Crippen LogP) is 5.56. The molecule has 2 heteroatoms. The Morgan fingerprint density at radius 3 is 2.25 bits per heavy atom. The number of aryl methyl sites for hydroxylation is 3. The van der Waals surface area contributed by atoms with Crippen LogP contribution in [-0.4, -0.2) is 12.1 Å². The van der Waals surface area contributed by atoms with E-state index >= 15 is 0 Å². The van der Waals surface area contributed by atoms with Gasteiger partial charge in [-0.25, -0.2) is 0 Å². The van der Waals surface area contributed by atoms with Crippen molar-refractivity contribution in [3.63, 3.8) is 0 Å². The molecule has 0 saturated carbocycles. The van der Waals surface area contributed by atoms with E-state index in [9.17, 15) is 0 Å². The second-order valence-corrected chi connectivity index (χ2v) is 7.72. The number of hydrogen-bond donors (Lipinski definition) is 1. The summed E-state index contributed by atoms with van der Waals surface area (Å²) in [4.78, 5) is 0. The Bertz CT molecular complexity index is 418. The van der Waals surface area contributed by atoms with Gasteiger partial charge in [0.1, 0.15) is 0 Å². The second kappa shape index (κ2) is 8.19. The largest absolute Gasteiger partial charge is 0.312 e. The molecular weight excluding hydrogens is 310 g/mol. The van der Waals surface area contributed by atoms with Crippen LogP contribution in [0.25, 0.3) is 0 Å². The van der Waals surface area contributed by atoms with E-state index in [1.165, 1.54) is 53.3 Å². The molecule has 0 fully saturated rings. The van der Waals surface area contributed by atoms with Crippen molar-refractivity contribution < 1.29 is 0 Å². The van der Waals surface area contributed by atoms with Gasteiger partial charge in [-0.15, -0.1) is 0 Å². The zero-order valence-corrected chi connectivity index (χ0v) is 15.4. The maximum absolute atomic E-state index is 3.60. The molecule has 0 atom stereocenters.